The van der Waals surface area contributed by atoms with Crippen molar-refractivity contribution in [3.63, 3.8) is 0 Å². The van der Waals surface area contributed by atoms with Crippen molar-refractivity contribution in [3.8, 4) is 0 Å². The lowest BCUT2D eigenvalue weighted by atomic mass is 9.71. The summed E-state index contributed by atoms with van der Waals surface area (Å²) in [5.41, 5.74) is 0. The molecule has 0 bridgehead atoms. The smallest absolute Gasteiger partial charge is 0.307 e. The third-order valence-corrected chi connectivity index (χ3v) is 5.27. The maximum Gasteiger partial charge on any atom is 0.307 e. The van der Waals surface area contributed by atoms with E-state index in [0.29, 0.717) is 12.5 Å². The molecule has 2 fully saturated rings. The van der Waals surface area contributed by atoms with Gasteiger partial charge in [0.2, 0.25) is 5.91 Å². The van der Waals surface area contributed by atoms with Gasteiger partial charge in [-0.2, -0.15) is 0 Å². The van der Waals surface area contributed by atoms with Crippen molar-refractivity contribution >= 4 is 11.9 Å². The van der Waals surface area contributed by atoms with Gasteiger partial charge < -0.3 is 10.0 Å². The van der Waals surface area contributed by atoms with E-state index in [9.17, 15) is 14.7 Å². The number of aliphatic carboxylic acids is 1. The largest absolute Gasteiger partial charge is 0.481 e. The SMILES string of the molecule is O=C(O)C1CC=C[C@@H]2CCN(C3CCCCC3)C(=O)[C@H]12. The zero-order valence-electron chi connectivity index (χ0n) is 11.8. The number of fused-ring (bicyclic) bond motifs is 1. The summed E-state index contributed by atoms with van der Waals surface area (Å²) in [6, 6.07) is 0.359. The molecule has 4 nitrogen and oxygen atoms in total. The van der Waals surface area contributed by atoms with E-state index >= 15 is 0 Å². The maximum atomic E-state index is 12.8. The molecule has 0 radical (unpaired) electrons. The third-order valence-electron chi connectivity index (χ3n) is 5.27. The molecular weight excluding hydrogens is 254 g/mol. The van der Waals surface area contributed by atoms with Crippen LogP contribution < -0.4 is 0 Å². The molecule has 1 aliphatic heterocycles. The molecular formula is C16H23NO3. The summed E-state index contributed by atoms with van der Waals surface area (Å²) in [5.74, 6) is -1.43. The number of carboxylic acid groups (broad SMARTS) is 1. The second-order valence-electron chi connectivity index (χ2n) is 6.41. The minimum Gasteiger partial charge on any atom is -0.481 e. The number of rotatable bonds is 2. The van der Waals surface area contributed by atoms with E-state index in [1.54, 1.807) is 0 Å². The third kappa shape index (κ3) is 2.36. The topological polar surface area (TPSA) is 57.6 Å². The van der Waals surface area contributed by atoms with Gasteiger partial charge >= 0.3 is 5.97 Å². The highest BCUT2D eigenvalue weighted by Gasteiger charge is 2.46. The fourth-order valence-electron chi connectivity index (χ4n) is 4.20. The number of carbonyl (C=O) groups excluding carboxylic acids is 1. The summed E-state index contributed by atoms with van der Waals surface area (Å²) in [7, 11) is 0. The molecule has 110 valence electrons. The fourth-order valence-corrected chi connectivity index (χ4v) is 4.20. The first-order valence-electron chi connectivity index (χ1n) is 7.88. The zero-order valence-corrected chi connectivity index (χ0v) is 11.8. The molecule has 1 saturated carbocycles. The second kappa shape index (κ2) is 5.58. The van der Waals surface area contributed by atoms with Gasteiger partial charge in [-0.3, -0.25) is 9.59 Å². The molecule has 3 aliphatic rings. The quantitative estimate of drug-likeness (QED) is 0.789. The number of nitrogens with zero attached hydrogens (tertiary/aromatic N) is 1. The Balaban J connectivity index is 1.79. The fraction of sp³-hybridized carbons (Fsp3) is 0.750. The van der Waals surface area contributed by atoms with E-state index in [1.165, 1.54) is 19.3 Å². The van der Waals surface area contributed by atoms with Crippen molar-refractivity contribution in [2.45, 2.75) is 51.0 Å². The van der Waals surface area contributed by atoms with E-state index in [1.807, 2.05) is 11.0 Å². The van der Waals surface area contributed by atoms with Crippen LogP contribution in [0.1, 0.15) is 44.9 Å². The number of carboxylic acids is 1. The van der Waals surface area contributed by atoms with Gasteiger partial charge in [-0.15, -0.1) is 0 Å². The van der Waals surface area contributed by atoms with Crippen LogP contribution >= 0.6 is 0 Å². The molecule has 3 atom stereocenters. The van der Waals surface area contributed by atoms with Crippen LogP contribution in [0.4, 0.5) is 0 Å². The predicted molar refractivity (Wildman–Crippen MR) is 75.1 cm³/mol. The number of allylic oxidation sites excluding steroid dienone is 2. The molecule has 1 amide bonds. The molecule has 1 saturated heterocycles. The van der Waals surface area contributed by atoms with Crippen molar-refractivity contribution < 1.29 is 14.7 Å². The first kappa shape index (κ1) is 13.7. The van der Waals surface area contributed by atoms with Crippen LogP contribution in [-0.4, -0.2) is 34.5 Å². The van der Waals surface area contributed by atoms with Gasteiger partial charge in [0.15, 0.2) is 0 Å². The average Bonchev–Trinajstić information content (AvgIpc) is 2.48. The normalized spacial score (nSPS) is 34.9. The van der Waals surface area contributed by atoms with Gasteiger partial charge in [0.25, 0.3) is 0 Å². The number of hydrogen-bond donors (Lipinski definition) is 1. The first-order chi connectivity index (χ1) is 9.68. The van der Waals surface area contributed by atoms with Gasteiger partial charge in [0.05, 0.1) is 11.8 Å². The monoisotopic (exact) mass is 277 g/mol. The Hall–Kier alpha value is -1.32. The summed E-state index contributed by atoms with van der Waals surface area (Å²) in [4.78, 5) is 26.2. The van der Waals surface area contributed by atoms with Crippen molar-refractivity contribution in [2.75, 3.05) is 6.54 Å². The summed E-state index contributed by atoms with van der Waals surface area (Å²) in [5, 5.41) is 9.39. The molecule has 0 spiro atoms. The number of amides is 1. The minimum absolute atomic E-state index is 0.102. The Morgan fingerprint density at radius 1 is 1.20 bits per heavy atom. The zero-order chi connectivity index (χ0) is 14.1. The lowest BCUT2D eigenvalue weighted by molar-refractivity contribution is -0.156. The highest BCUT2D eigenvalue weighted by molar-refractivity contribution is 5.86. The maximum absolute atomic E-state index is 12.8. The van der Waals surface area contributed by atoms with E-state index in [0.717, 1.165) is 25.8 Å². The first-order valence-corrected chi connectivity index (χ1v) is 7.88. The van der Waals surface area contributed by atoms with Gasteiger partial charge in [-0.1, -0.05) is 31.4 Å². The van der Waals surface area contributed by atoms with E-state index < -0.39 is 11.9 Å². The van der Waals surface area contributed by atoms with Crippen LogP contribution in [0.15, 0.2) is 12.2 Å². The standard InChI is InChI=1S/C16H23NO3/c18-15-14-11(5-4-8-13(14)16(19)20)9-10-17(15)12-6-2-1-3-7-12/h4-5,11-14H,1-3,6-10H2,(H,19,20)/t11-,13?,14+/m1/s1. The molecule has 3 rings (SSSR count). The summed E-state index contributed by atoms with van der Waals surface area (Å²) in [6.45, 7) is 0.807. The molecule has 1 N–H and O–H groups in total. The number of carbonyl (C=O) groups is 2. The van der Waals surface area contributed by atoms with Gasteiger partial charge in [0.1, 0.15) is 0 Å². The Morgan fingerprint density at radius 2 is 1.95 bits per heavy atom. The molecule has 0 aromatic heterocycles. The van der Waals surface area contributed by atoms with Crippen molar-refractivity contribution in [2.24, 2.45) is 17.8 Å². The summed E-state index contributed by atoms with van der Waals surface area (Å²) < 4.78 is 0. The second-order valence-corrected chi connectivity index (χ2v) is 6.41. The Kier molecular flexibility index (Phi) is 3.81. The van der Waals surface area contributed by atoms with Crippen LogP contribution in [-0.2, 0) is 9.59 Å². The van der Waals surface area contributed by atoms with E-state index in [2.05, 4.69) is 6.08 Å². The molecule has 20 heavy (non-hydrogen) atoms. The number of hydrogen-bond acceptors (Lipinski definition) is 2. The lowest BCUT2D eigenvalue weighted by Gasteiger charge is -2.45. The Labute approximate surface area is 119 Å². The predicted octanol–water partition coefficient (Wildman–Crippen LogP) is 2.44. The molecule has 0 aromatic rings. The molecule has 1 unspecified atom stereocenters. The Morgan fingerprint density at radius 3 is 2.65 bits per heavy atom. The highest BCUT2D eigenvalue weighted by Crippen LogP contribution is 2.39. The van der Waals surface area contributed by atoms with E-state index in [4.69, 9.17) is 0 Å². The van der Waals surface area contributed by atoms with Crippen molar-refractivity contribution in [1.82, 2.24) is 4.90 Å². The average molecular weight is 277 g/mol. The van der Waals surface area contributed by atoms with Crippen LogP contribution in [0.3, 0.4) is 0 Å². The van der Waals surface area contributed by atoms with Gasteiger partial charge in [-0.05, 0) is 31.6 Å². The highest BCUT2D eigenvalue weighted by atomic mass is 16.4. The van der Waals surface area contributed by atoms with Crippen LogP contribution in [0.2, 0.25) is 0 Å². The van der Waals surface area contributed by atoms with Crippen LogP contribution in [0.5, 0.6) is 0 Å². The number of likely N-dealkylation sites (tertiary alicyclic amines) is 1. The summed E-state index contributed by atoms with van der Waals surface area (Å²) >= 11 is 0. The van der Waals surface area contributed by atoms with Crippen LogP contribution in [0, 0.1) is 17.8 Å². The van der Waals surface area contributed by atoms with Gasteiger partial charge in [-0.25, -0.2) is 0 Å². The van der Waals surface area contributed by atoms with Crippen LogP contribution in [0.25, 0.3) is 0 Å². The lowest BCUT2D eigenvalue weighted by Crippen LogP contribution is -2.54. The molecule has 0 aromatic carbocycles. The Bertz CT molecular complexity index is 425. The van der Waals surface area contributed by atoms with E-state index in [-0.39, 0.29) is 17.7 Å². The molecule has 1 heterocycles. The molecule has 2 aliphatic carbocycles. The minimum atomic E-state index is -0.816. The summed E-state index contributed by atoms with van der Waals surface area (Å²) in [6.07, 6.45) is 11.3. The van der Waals surface area contributed by atoms with Gasteiger partial charge in [0, 0.05) is 12.6 Å². The van der Waals surface area contributed by atoms with Crippen molar-refractivity contribution in [1.29, 1.82) is 0 Å². The van der Waals surface area contributed by atoms with Crippen molar-refractivity contribution in [3.05, 3.63) is 12.2 Å². The molecule has 4 heteroatoms. The number of piperidine rings is 1.